The summed E-state index contributed by atoms with van der Waals surface area (Å²) in [4.78, 5) is 17.0. The number of aryl methyl sites for hydroxylation is 1. The number of nitrogens with zero attached hydrogens (tertiary/aromatic N) is 1. The van der Waals surface area contributed by atoms with Crippen molar-refractivity contribution < 1.29 is 14.3 Å². The maximum atomic E-state index is 12.5. The number of carbonyl (C=O) groups is 1. The molecule has 150 valence electrons. The Labute approximate surface area is 173 Å². The molecule has 0 spiro atoms. The van der Waals surface area contributed by atoms with Crippen LogP contribution in [0, 0.1) is 6.92 Å². The smallest absolute Gasteiger partial charge is 0.238 e. The third kappa shape index (κ3) is 4.41. The zero-order valence-corrected chi connectivity index (χ0v) is 17.4. The van der Waals surface area contributed by atoms with Gasteiger partial charge in [0.2, 0.25) is 12.7 Å². The number of nitrogens with one attached hydrogen (secondary N) is 2. The normalized spacial score (nSPS) is 12.8. The van der Waals surface area contributed by atoms with Gasteiger partial charge >= 0.3 is 0 Å². The van der Waals surface area contributed by atoms with E-state index in [-0.39, 0.29) is 19.2 Å². The fourth-order valence-electron chi connectivity index (χ4n) is 3.15. The number of anilines is 1. The van der Waals surface area contributed by atoms with Crippen LogP contribution in [0.3, 0.4) is 0 Å². The first kappa shape index (κ1) is 19.4. The van der Waals surface area contributed by atoms with Gasteiger partial charge in [-0.05, 0) is 50.6 Å². The minimum atomic E-state index is -0.404. The van der Waals surface area contributed by atoms with Gasteiger partial charge in [-0.15, -0.1) is 11.3 Å². The lowest BCUT2D eigenvalue weighted by Gasteiger charge is -2.27. The fraction of sp³-hybridized carbons (Fsp3) is 0.273. The third-order valence-corrected chi connectivity index (χ3v) is 5.62. The highest BCUT2D eigenvalue weighted by molar-refractivity contribution is 7.09. The van der Waals surface area contributed by atoms with E-state index in [9.17, 15) is 4.79 Å². The summed E-state index contributed by atoms with van der Waals surface area (Å²) in [6, 6.07) is 13.6. The quantitative estimate of drug-likeness (QED) is 0.635. The van der Waals surface area contributed by atoms with Crippen LogP contribution in [0.25, 0.3) is 11.3 Å². The Balaban J connectivity index is 1.38. The topological polar surface area (TPSA) is 72.5 Å². The molecule has 0 radical (unpaired) electrons. The van der Waals surface area contributed by atoms with E-state index in [1.165, 1.54) is 0 Å². The summed E-state index contributed by atoms with van der Waals surface area (Å²) in [6.07, 6.45) is 0. The number of hydrogen-bond acceptors (Lipinski definition) is 6. The van der Waals surface area contributed by atoms with Crippen LogP contribution in [0.1, 0.15) is 24.4 Å². The molecule has 2 N–H and O–H groups in total. The second kappa shape index (κ2) is 7.85. The van der Waals surface area contributed by atoms with E-state index < -0.39 is 5.54 Å². The molecule has 1 amide bonds. The number of carbonyl (C=O) groups excluding carboxylic acids is 1. The van der Waals surface area contributed by atoms with Crippen LogP contribution in [0.5, 0.6) is 11.5 Å². The zero-order chi connectivity index (χ0) is 20.4. The van der Waals surface area contributed by atoms with Gasteiger partial charge in [0.25, 0.3) is 0 Å². The van der Waals surface area contributed by atoms with Gasteiger partial charge in [-0.3, -0.25) is 10.1 Å². The Kier molecular flexibility index (Phi) is 5.25. The number of rotatable bonds is 6. The van der Waals surface area contributed by atoms with Gasteiger partial charge in [0, 0.05) is 22.2 Å². The van der Waals surface area contributed by atoms with E-state index in [4.69, 9.17) is 9.47 Å². The number of fused-ring (bicyclic) bond motifs is 1. The number of aromatic nitrogens is 1. The van der Waals surface area contributed by atoms with E-state index in [0.717, 1.165) is 39.0 Å². The first-order chi connectivity index (χ1) is 13.9. The molecule has 0 saturated carbocycles. The second-order valence-electron chi connectivity index (χ2n) is 7.43. The molecule has 6 nitrogen and oxygen atoms in total. The minimum absolute atomic E-state index is 0.106. The molecule has 0 unspecified atom stereocenters. The minimum Gasteiger partial charge on any atom is -0.454 e. The van der Waals surface area contributed by atoms with Crippen molar-refractivity contribution in [3.05, 3.63) is 58.4 Å². The summed E-state index contributed by atoms with van der Waals surface area (Å²) < 4.78 is 10.8. The first-order valence-electron chi connectivity index (χ1n) is 9.38. The molecule has 2 aromatic carbocycles. The van der Waals surface area contributed by atoms with E-state index in [2.05, 4.69) is 15.6 Å². The molecule has 3 aromatic rings. The summed E-state index contributed by atoms with van der Waals surface area (Å²) >= 11 is 1.61. The lowest BCUT2D eigenvalue weighted by Crippen LogP contribution is -2.41. The first-order valence-corrected chi connectivity index (χ1v) is 10.3. The molecule has 1 aliphatic rings. The fourth-order valence-corrected chi connectivity index (χ4v) is 3.77. The maximum absolute atomic E-state index is 12.5. The molecular formula is C22H23N3O3S. The van der Waals surface area contributed by atoms with Crippen molar-refractivity contribution in [2.45, 2.75) is 26.3 Å². The van der Waals surface area contributed by atoms with Crippen molar-refractivity contribution in [3.8, 4) is 22.8 Å². The van der Waals surface area contributed by atoms with E-state index in [0.29, 0.717) is 0 Å². The van der Waals surface area contributed by atoms with Crippen molar-refractivity contribution in [1.29, 1.82) is 0 Å². The number of benzene rings is 2. The van der Waals surface area contributed by atoms with Crippen LogP contribution >= 0.6 is 11.3 Å². The summed E-state index contributed by atoms with van der Waals surface area (Å²) in [6.45, 7) is 6.47. The van der Waals surface area contributed by atoms with Gasteiger partial charge in [0.1, 0.15) is 0 Å². The summed E-state index contributed by atoms with van der Waals surface area (Å²) in [5.74, 6) is 1.37. The SMILES string of the molecule is Cc1nc(-c2cccc(NC(=O)CNC(C)(C)c3ccc4c(c3)OCO4)c2)cs1. The average molecular weight is 410 g/mol. The molecule has 2 heterocycles. The predicted molar refractivity (Wildman–Crippen MR) is 115 cm³/mol. The summed E-state index contributed by atoms with van der Waals surface area (Å²) in [7, 11) is 0. The van der Waals surface area contributed by atoms with Crippen molar-refractivity contribution in [1.82, 2.24) is 10.3 Å². The van der Waals surface area contributed by atoms with Crippen LogP contribution in [0.15, 0.2) is 47.8 Å². The van der Waals surface area contributed by atoms with E-state index in [1.54, 1.807) is 11.3 Å². The molecule has 4 rings (SSSR count). The van der Waals surface area contributed by atoms with Crippen LogP contribution in [-0.4, -0.2) is 24.2 Å². The highest BCUT2D eigenvalue weighted by atomic mass is 32.1. The largest absolute Gasteiger partial charge is 0.454 e. The molecule has 7 heteroatoms. The van der Waals surface area contributed by atoms with E-state index >= 15 is 0 Å². The summed E-state index contributed by atoms with van der Waals surface area (Å²) in [5.41, 5.74) is 3.28. The predicted octanol–water partition coefficient (Wildman–Crippen LogP) is 4.31. The van der Waals surface area contributed by atoms with Crippen LogP contribution in [0.4, 0.5) is 5.69 Å². The number of ether oxygens (including phenoxy) is 2. The van der Waals surface area contributed by atoms with Gasteiger partial charge in [-0.1, -0.05) is 18.2 Å². The molecular weight excluding hydrogens is 386 g/mol. The van der Waals surface area contributed by atoms with Crippen molar-refractivity contribution in [2.75, 3.05) is 18.7 Å². The molecule has 0 aliphatic carbocycles. The number of amides is 1. The van der Waals surface area contributed by atoms with Crippen molar-refractivity contribution in [2.24, 2.45) is 0 Å². The van der Waals surface area contributed by atoms with Gasteiger partial charge in [0.05, 0.1) is 17.2 Å². The van der Waals surface area contributed by atoms with Gasteiger partial charge < -0.3 is 14.8 Å². The second-order valence-corrected chi connectivity index (χ2v) is 8.49. The van der Waals surface area contributed by atoms with Crippen molar-refractivity contribution in [3.63, 3.8) is 0 Å². The molecule has 29 heavy (non-hydrogen) atoms. The monoisotopic (exact) mass is 409 g/mol. The average Bonchev–Trinajstić information content (AvgIpc) is 3.35. The number of hydrogen-bond donors (Lipinski definition) is 2. The van der Waals surface area contributed by atoms with E-state index in [1.807, 2.05) is 68.6 Å². The molecule has 0 saturated heterocycles. The highest BCUT2D eigenvalue weighted by Crippen LogP contribution is 2.35. The molecule has 1 aromatic heterocycles. The maximum Gasteiger partial charge on any atom is 0.238 e. The number of thiazole rings is 1. The molecule has 0 fully saturated rings. The lowest BCUT2D eigenvalue weighted by atomic mass is 9.94. The zero-order valence-electron chi connectivity index (χ0n) is 16.6. The third-order valence-electron chi connectivity index (χ3n) is 4.85. The van der Waals surface area contributed by atoms with Gasteiger partial charge in [-0.25, -0.2) is 4.98 Å². The van der Waals surface area contributed by atoms with Gasteiger partial charge in [-0.2, -0.15) is 0 Å². The Hall–Kier alpha value is -2.90. The Morgan fingerprint density at radius 3 is 2.79 bits per heavy atom. The van der Waals surface area contributed by atoms with Crippen LogP contribution in [0.2, 0.25) is 0 Å². The Morgan fingerprint density at radius 2 is 2.00 bits per heavy atom. The lowest BCUT2D eigenvalue weighted by molar-refractivity contribution is -0.115. The standard InChI is InChI=1S/C22H23N3O3S/c1-14-24-18(12-29-14)15-5-4-6-17(9-15)25-21(26)11-23-22(2,3)16-7-8-19-20(10-16)28-13-27-19/h4-10,12,23H,11,13H2,1-3H3,(H,25,26). The molecule has 1 aliphatic heterocycles. The molecule has 0 atom stereocenters. The van der Waals surface area contributed by atoms with Gasteiger partial charge in [0.15, 0.2) is 11.5 Å². The highest BCUT2D eigenvalue weighted by Gasteiger charge is 2.24. The van der Waals surface area contributed by atoms with Crippen molar-refractivity contribution >= 4 is 22.9 Å². The Morgan fingerprint density at radius 1 is 1.17 bits per heavy atom. The Bertz CT molecular complexity index is 1050. The summed E-state index contributed by atoms with van der Waals surface area (Å²) in [5, 5.41) is 9.31. The van der Waals surface area contributed by atoms with Crippen LogP contribution in [-0.2, 0) is 10.3 Å². The molecule has 0 bridgehead atoms. The van der Waals surface area contributed by atoms with Crippen LogP contribution < -0.4 is 20.1 Å².